The normalized spacial score (nSPS) is 17.2. The number of hydrogen-bond acceptors (Lipinski definition) is 5. The van der Waals surface area contributed by atoms with Gasteiger partial charge in [-0.2, -0.15) is 0 Å². The molecule has 0 saturated carbocycles. The second-order valence-electron chi connectivity index (χ2n) is 8.44. The van der Waals surface area contributed by atoms with Crippen LogP contribution in [0.2, 0.25) is 0 Å². The van der Waals surface area contributed by atoms with Gasteiger partial charge in [0.1, 0.15) is 0 Å². The van der Waals surface area contributed by atoms with Gasteiger partial charge < -0.3 is 19.3 Å². The van der Waals surface area contributed by atoms with Crippen LogP contribution in [0.25, 0.3) is 6.08 Å². The Morgan fingerprint density at radius 3 is 2.28 bits per heavy atom. The molecule has 2 aromatic rings. The molecule has 6 heteroatoms. The molecule has 0 atom stereocenters. The largest absolute Gasteiger partial charge is 0.493 e. The fraction of sp³-hybridized carbons (Fsp3) is 0.423. The predicted octanol–water partition coefficient (Wildman–Crippen LogP) is 3.27. The molecule has 0 aromatic heterocycles. The molecule has 0 spiro atoms. The third-order valence-corrected chi connectivity index (χ3v) is 6.33. The number of amides is 1. The molecule has 1 saturated heterocycles. The van der Waals surface area contributed by atoms with Gasteiger partial charge in [0, 0.05) is 45.5 Å². The van der Waals surface area contributed by atoms with E-state index in [0.29, 0.717) is 17.9 Å². The lowest BCUT2D eigenvalue weighted by atomic mass is 10.0. The summed E-state index contributed by atoms with van der Waals surface area (Å²) in [6.45, 7) is 7.14. The maximum atomic E-state index is 12.8. The lowest BCUT2D eigenvalue weighted by molar-refractivity contribution is -0.127. The maximum Gasteiger partial charge on any atom is 0.230 e. The van der Waals surface area contributed by atoms with Gasteiger partial charge in [0.15, 0.2) is 11.5 Å². The van der Waals surface area contributed by atoms with E-state index >= 15 is 0 Å². The zero-order chi connectivity index (χ0) is 22.3. The summed E-state index contributed by atoms with van der Waals surface area (Å²) in [6.07, 6.45) is 5.26. The van der Waals surface area contributed by atoms with E-state index in [1.54, 1.807) is 14.2 Å². The lowest BCUT2D eigenvalue weighted by Gasteiger charge is -2.35. The van der Waals surface area contributed by atoms with Crippen LogP contribution < -0.4 is 9.47 Å². The monoisotopic (exact) mass is 435 g/mol. The molecule has 2 heterocycles. The second kappa shape index (κ2) is 10.7. The number of ether oxygens (including phenoxy) is 2. The Morgan fingerprint density at radius 1 is 0.875 bits per heavy atom. The topological polar surface area (TPSA) is 45.3 Å². The molecule has 0 unspecified atom stereocenters. The molecule has 4 rings (SSSR count). The quantitative estimate of drug-likeness (QED) is 0.637. The molecule has 2 aromatic carbocycles. The minimum absolute atomic E-state index is 0.125. The first-order valence-electron chi connectivity index (χ1n) is 11.4. The van der Waals surface area contributed by atoms with Crippen LogP contribution >= 0.6 is 0 Å². The van der Waals surface area contributed by atoms with E-state index < -0.39 is 0 Å². The molecule has 32 heavy (non-hydrogen) atoms. The van der Waals surface area contributed by atoms with Crippen molar-refractivity contribution in [2.24, 2.45) is 0 Å². The van der Waals surface area contributed by atoms with Crippen molar-refractivity contribution in [1.29, 1.82) is 0 Å². The molecule has 0 aliphatic carbocycles. The van der Waals surface area contributed by atoms with Crippen molar-refractivity contribution in [2.75, 3.05) is 53.5 Å². The van der Waals surface area contributed by atoms with Gasteiger partial charge in [-0.15, -0.1) is 0 Å². The summed E-state index contributed by atoms with van der Waals surface area (Å²) in [7, 11) is 3.25. The highest BCUT2D eigenvalue weighted by Crippen LogP contribution is 2.32. The van der Waals surface area contributed by atoms with Crippen molar-refractivity contribution in [2.45, 2.75) is 19.4 Å². The number of carbonyl (C=O) groups excluding carboxylic acids is 1. The minimum Gasteiger partial charge on any atom is -0.493 e. The summed E-state index contributed by atoms with van der Waals surface area (Å²) < 4.78 is 10.8. The zero-order valence-electron chi connectivity index (χ0n) is 19.1. The Labute approximate surface area is 191 Å². The molecule has 0 radical (unpaired) electrons. The molecular formula is C26H33N3O3. The van der Waals surface area contributed by atoms with E-state index in [9.17, 15) is 4.79 Å². The summed E-state index contributed by atoms with van der Waals surface area (Å²) in [6, 6.07) is 14.5. The first-order valence-corrected chi connectivity index (χ1v) is 11.4. The van der Waals surface area contributed by atoms with Gasteiger partial charge in [-0.25, -0.2) is 0 Å². The van der Waals surface area contributed by atoms with Gasteiger partial charge in [0.05, 0.1) is 20.6 Å². The van der Waals surface area contributed by atoms with Crippen LogP contribution in [0.1, 0.15) is 23.1 Å². The highest BCUT2D eigenvalue weighted by molar-refractivity contribution is 5.84. The van der Waals surface area contributed by atoms with E-state index in [0.717, 1.165) is 63.4 Å². The SMILES string of the molecule is COc1cc2c(cc1OC)CC(=O)N(CCCN1CCN(Cc3ccccc3)CC1)C=C2. The predicted molar refractivity (Wildman–Crippen MR) is 127 cm³/mol. The average molecular weight is 436 g/mol. The first kappa shape index (κ1) is 22.4. The number of piperazine rings is 1. The van der Waals surface area contributed by atoms with E-state index in [1.807, 2.05) is 29.3 Å². The Bertz CT molecular complexity index is 937. The van der Waals surface area contributed by atoms with Gasteiger partial charge in [0.25, 0.3) is 0 Å². The van der Waals surface area contributed by atoms with Crippen LogP contribution in [0.15, 0.2) is 48.7 Å². The molecular weight excluding hydrogens is 402 g/mol. The van der Waals surface area contributed by atoms with Crippen LogP contribution in [0.3, 0.4) is 0 Å². The number of hydrogen-bond donors (Lipinski definition) is 0. The van der Waals surface area contributed by atoms with Crippen LogP contribution in [0.4, 0.5) is 0 Å². The van der Waals surface area contributed by atoms with E-state index in [2.05, 4.69) is 40.1 Å². The van der Waals surface area contributed by atoms with Crippen molar-refractivity contribution in [1.82, 2.24) is 14.7 Å². The molecule has 1 fully saturated rings. The van der Waals surface area contributed by atoms with Crippen molar-refractivity contribution >= 4 is 12.0 Å². The fourth-order valence-corrected chi connectivity index (χ4v) is 4.44. The van der Waals surface area contributed by atoms with Crippen LogP contribution in [-0.4, -0.2) is 74.1 Å². The number of methoxy groups -OCH3 is 2. The van der Waals surface area contributed by atoms with Crippen molar-refractivity contribution in [3.8, 4) is 11.5 Å². The van der Waals surface area contributed by atoms with Crippen LogP contribution in [-0.2, 0) is 17.8 Å². The van der Waals surface area contributed by atoms with E-state index in [1.165, 1.54) is 5.56 Å². The standard InChI is InChI=1S/C26H33N3O3/c1-31-24-17-22-9-12-29(26(30)19-23(22)18-25(24)32-2)11-6-10-27-13-15-28(16-14-27)20-21-7-4-3-5-8-21/h3-5,7-9,12,17-18H,6,10-11,13-16,19-20H2,1-2H3. The molecule has 1 amide bonds. The minimum atomic E-state index is 0.125. The van der Waals surface area contributed by atoms with Gasteiger partial charge >= 0.3 is 0 Å². The zero-order valence-corrected chi connectivity index (χ0v) is 19.1. The average Bonchev–Trinajstić information content (AvgIpc) is 2.97. The molecule has 0 N–H and O–H groups in total. The summed E-state index contributed by atoms with van der Waals surface area (Å²) in [5.74, 6) is 1.47. The third kappa shape index (κ3) is 5.50. The molecule has 6 nitrogen and oxygen atoms in total. The van der Waals surface area contributed by atoms with Crippen LogP contribution in [0.5, 0.6) is 11.5 Å². The Hall–Kier alpha value is -2.83. The van der Waals surface area contributed by atoms with E-state index in [4.69, 9.17) is 9.47 Å². The Balaban J connectivity index is 1.24. The van der Waals surface area contributed by atoms with E-state index in [-0.39, 0.29) is 5.91 Å². The fourth-order valence-electron chi connectivity index (χ4n) is 4.44. The third-order valence-electron chi connectivity index (χ3n) is 6.33. The molecule has 2 aliphatic rings. The van der Waals surface area contributed by atoms with Crippen molar-refractivity contribution in [3.05, 3.63) is 65.4 Å². The highest BCUT2D eigenvalue weighted by atomic mass is 16.5. The Morgan fingerprint density at radius 2 is 1.56 bits per heavy atom. The first-order chi connectivity index (χ1) is 15.7. The van der Waals surface area contributed by atoms with Gasteiger partial charge in [-0.05, 0) is 47.9 Å². The van der Waals surface area contributed by atoms with Gasteiger partial charge in [-0.3, -0.25) is 9.69 Å². The highest BCUT2D eigenvalue weighted by Gasteiger charge is 2.21. The molecule has 2 aliphatic heterocycles. The second-order valence-corrected chi connectivity index (χ2v) is 8.44. The lowest BCUT2D eigenvalue weighted by Crippen LogP contribution is -2.46. The van der Waals surface area contributed by atoms with Crippen LogP contribution in [0, 0.1) is 0 Å². The van der Waals surface area contributed by atoms with Gasteiger partial charge in [0.2, 0.25) is 5.91 Å². The maximum absolute atomic E-state index is 12.8. The number of rotatable bonds is 8. The number of benzene rings is 2. The van der Waals surface area contributed by atoms with Crippen molar-refractivity contribution < 1.29 is 14.3 Å². The molecule has 170 valence electrons. The Kier molecular flexibility index (Phi) is 7.45. The molecule has 0 bridgehead atoms. The number of nitrogens with zero attached hydrogens (tertiary/aromatic N) is 3. The number of carbonyl (C=O) groups is 1. The summed E-state index contributed by atoms with van der Waals surface area (Å²) in [5.41, 5.74) is 3.36. The summed E-state index contributed by atoms with van der Waals surface area (Å²) >= 11 is 0. The summed E-state index contributed by atoms with van der Waals surface area (Å²) in [5, 5.41) is 0. The van der Waals surface area contributed by atoms with Crippen molar-refractivity contribution in [3.63, 3.8) is 0 Å². The smallest absolute Gasteiger partial charge is 0.230 e. The number of fused-ring (bicyclic) bond motifs is 1. The van der Waals surface area contributed by atoms with Gasteiger partial charge in [-0.1, -0.05) is 30.3 Å². The summed E-state index contributed by atoms with van der Waals surface area (Å²) in [4.78, 5) is 19.7.